The average Bonchev–Trinajstić information content (AvgIpc) is 2.94. The van der Waals surface area contributed by atoms with Crippen LogP contribution in [0.5, 0.6) is 0 Å². The van der Waals surface area contributed by atoms with E-state index in [4.69, 9.17) is 0 Å². The molecule has 0 aliphatic carbocycles. The molecule has 0 spiro atoms. The second-order valence-corrected chi connectivity index (χ2v) is 5.55. The van der Waals surface area contributed by atoms with Gasteiger partial charge in [0.25, 0.3) is 0 Å². The van der Waals surface area contributed by atoms with E-state index in [0.717, 1.165) is 30.5 Å². The van der Waals surface area contributed by atoms with Crippen molar-refractivity contribution in [2.45, 2.75) is 13.0 Å². The van der Waals surface area contributed by atoms with Crippen LogP contribution in [0.15, 0.2) is 24.3 Å². The molecule has 0 saturated carbocycles. The predicted octanol–water partition coefficient (Wildman–Crippen LogP) is -0.631. The van der Waals surface area contributed by atoms with Gasteiger partial charge in [-0.2, -0.15) is 15.0 Å². The SMILES string of the molecule is O=C1CN(CCCNC(=O)Cn2nc3ccccc3n2)CCN1. The van der Waals surface area contributed by atoms with Crippen LogP contribution in [0.3, 0.4) is 0 Å². The first-order valence-electron chi connectivity index (χ1n) is 7.76. The maximum atomic E-state index is 11.9. The van der Waals surface area contributed by atoms with Crippen molar-refractivity contribution < 1.29 is 9.59 Å². The standard InChI is InChI=1S/C15H20N6O2/c22-14-10-20(9-7-17-14)8-3-6-16-15(23)11-21-18-12-4-1-2-5-13(12)19-21/h1-2,4-5H,3,6-11H2,(H,16,23)(H,17,22). The van der Waals surface area contributed by atoms with Gasteiger partial charge in [-0.15, -0.1) is 0 Å². The van der Waals surface area contributed by atoms with Crippen molar-refractivity contribution in [3.8, 4) is 0 Å². The van der Waals surface area contributed by atoms with Gasteiger partial charge in [0, 0.05) is 26.2 Å². The van der Waals surface area contributed by atoms with Gasteiger partial charge in [-0.1, -0.05) is 12.1 Å². The molecule has 2 amide bonds. The molecule has 2 N–H and O–H groups in total. The van der Waals surface area contributed by atoms with E-state index in [1.165, 1.54) is 4.80 Å². The van der Waals surface area contributed by atoms with Gasteiger partial charge in [0.05, 0.1) is 6.54 Å². The summed E-state index contributed by atoms with van der Waals surface area (Å²) in [7, 11) is 0. The number of amides is 2. The van der Waals surface area contributed by atoms with Crippen LogP contribution >= 0.6 is 0 Å². The number of benzene rings is 1. The van der Waals surface area contributed by atoms with Crippen LogP contribution in [0, 0.1) is 0 Å². The van der Waals surface area contributed by atoms with Crippen molar-refractivity contribution in [1.29, 1.82) is 0 Å². The third kappa shape index (κ3) is 4.26. The first kappa shape index (κ1) is 15.4. The van der Waals surface area contributed by atoms with E-state index in [2.05, 4.69) is 25.7 Å². The molecule has 1 aliphatic rings. The van der Waals surface area contributed by atoms with Crippen LogP contribution in [0.4, 0.5) is 0 Å². The number of carbonyl (C=O) groups is 2. The molecule has 2 aromatic rings. The van der Waals surface area contributed by atoms with E-state index in [1.807, 2.05) is 24.3 Å². The first-order chi connectivity index (χ1) is 11.2. The van der Waals surface area contributed by atoms with Crippen LogP contribution in [-0.4, -0.2) is 64.4 Å². The Bertz CT molecular complexity index is 665. The minimum absolute atomic E-state index is 0.0668. The number of fused-ring (bicyclic) bond motifs is 1. The number of hydrogen-bond acceptors (Lipinski definition) is 5. The number of carbonyl (C=O) groups excluding carboxylic acids is 2. The number of rotatable bonds is 6. The van der Waals surface area contributed by atoms with Crippen LogP contribution in [-0.2, 0) is 16.1 Å². The molecule has 23 heavy (non-hydrogen) atoms. The van der Waals surface area contributed by atoms with E-state index in [1.54, 1.807) is 0 Å². The number of nitrogens with zero attached hydrogens (tertiary/aromatic N) is 4. The van der Waals surface area contributed by atoms with E-state index >= 15 is 0 Å². The van der Waals surface area contributed by atoms with Gasteiger partial charge in [0.15, 0.2) is 0 Å². The van der Waals surface area contributed by atoms with Crippen LogP contribution in [0.25, 0.3) is 11.0 Å². The van der Waals surface area contributed by atoms with E-state index in [9.17, 15) is 9.59 Å². The lowest BCUT2D eigenvalue weighted by molar-refractivity contribution is -0.124. The third-order valence-corrected chi connectivity index (χ3v) is 3.70. The Morgan fingerprint density at radius 2 is 2.00 bits per heavy atom. The lowest BCUT2D eigenvalue weighted by atomic mass is 10.3. The summed E-state index contributed by atoms with van der Waals surface area (Å²) in [5, 5.41) is 14.2. The molecule has 1 aliphatic heterocycles. The first-order valence-corrected chi connectivity index (χ1v) is 7.76. The number of nitrogens with one attached hydrogen (secondary N) is 2. The van der Waals surface area contributed by atoms with Gasteiger partial charge in [-0.3, -0.25) is 14.5 Å². The molecule has 0 unspecified atom stereocenters. The molecular weight excluding hydrogens is 296 g/mol. The molecule has 1 aromatic carbocycles. The molecule has 8 heteroatoms. The predicted molar refractivity (Wildman–Crippen MR) is 84.6 cm³/mol. The van der Waals surface area contributed by atoms with Crippen molar-refractivity contribution >= 4 is 22.8 Å². The monoisotopic (exact) mass is 316 g/mol. The second kappa shape index (κ2) is 7.19. The maximum absolute atomic E-state index is 11.9. The highest BCUT2D eigenvalue weighted by molar-refractivity contribution is 5.78. The lowest BCUT2D eigenvalue weighted by Gasteiger charge is -2.26. The quantitative estimate of drug-likeness (QED) is 0.692. The van der Waals surface area contributed by atoms with Crippen LogP contribution < -0.4 is 10.6 Å². The summed E-state index contributed by atoms with van der Waals surface area (Å²) in [6.45, 7) is 3.50. The normalized spacial score (nSPS) is 15.6. The molecule has 1 saturated heterocycles. The fraction of sp³-hybridized carbons (Fsp3) is 0.467. The summed E-state index contributed by atoms with van der Waals surface area (Å²) >= 11 is 0. The van der Waals surface area contributed by atoms with Crippen molar-refractivity contribution in [1.82, 2.24) is 30.5 Å². The molecule has 0 bridgehead atoms. The Labute approximate surface area is 133 Å². The average molecular weight is 316 g/mol. The zero-order valence-electron chi connectivity index (χ0n) is 12.9. The van der Waals surface area contributed by atoms with Gasteiger partial charge in [0.2, 0.25) is 11.8 Å². The zero-order chi connectivity index (χ0) is 16.1. The van der Waals surface area contributed by atoms with Crippen molar-refractivity contribution in [3.63, 3.8) is 0 Å². The Hall–Kier alpha value is -2.48. The minimum Gasteiger partial charge on any atom is -0.354 e. The number of aromatic nitrogens is 3. The Kier molecular flexibility index (Phi) is 4.82. The fourth-order valence-electron chi connectivity index (χ4n) is 2.57. The highest BCUT2D eigenvalue weighted by Crippen LogP contribution is 2.06. The van der Waals surface area contributed by atoms with E-state index in [0.29, 0.717) is 19.6 Å². The molecule has 122 valence electrons. The van der Waals surface area contributed by atoms with Gasteiger partial charge in [-0.05, 0) is 18.6 Å². The van der Waals surface area contributed by atoms with Crippen LogP contribution in [0.2, 0.25) is 0 Å². The van der Waals surface area contributed by atoms with Gasteiger partial charge in [-0.25, -0.2) is 0 Å². The van der Waals surface area contributed by atoms with Gasteiger partial charge >= 0.3 is 0 Å². The topological polar surface area (TPSA) is 92.2 Å². The van der Waals surface area contributed by atoms with Crippen LogP contribution in [0.1, 0.15) is 6.42 Å². The lowest BCUT2D eigenvalue weighted by Crippen LogP contribution is -2.48. The Morgan fingerprint density at radius 1 is 1.26 bits per heavy atom. The summed E-state index contributed by atoms with van der Waals surface area (Å²) in [5.41, 5.74) is 1.56. The van der Waals surface area contributed by atoms with Crippen molar-refractivity contribution in [3.05, 3.63) is 24.3 Å². The Morgan fingerprint density at radius 3 is 2.70 bits per heavy atom. The molecule has 1 fully saturated rings. The largest absolute Gasteiger partial charge is 0.354 e. The molecule has 0 atom stereocenters. The summed E-state index contributed by atoms with van der Waals surface area (Å²) in [6.07, 6.45) is 0.813. The highest BCUT2D eigenvalue weighted by Gasteiger charge is 2.15. The smallest absolute Gasteiger partial charge is 0.243 e. The fourth-order valence-corrected chi connectivity index (χ4v) is 2.57. The minimum atomic E-state index is -0.110. The second-order valence-electron chi connectivity index (χ2n) is 5.55. The summed E-state index contributed by atoms with van der Waals surface area (Å²) in [6, 6.07) is 7.52. The highest BCUT2D eigenvalue weighted by atomic mass is 16.2. The molecule has 1 aromatic heterocycles. The molecular formula is C15H20N6O2. The molecule has 8 nitrogen and oxygen atoms in total. The maximum Gasteiger partial charge on any atom is 0.243 e. The third-order valence-electron chi connectivity index (χ3n) is 3.70. The van der Waals surface area contributed by atoms with Gasteiger partial charge < -0.3 is 10.6 Å². The Balaban J connectivity index is 1.38. The van der Waals surface area contributed by atoms with Gasteiger partial charge in [0.1, 0.15) is 17.6 Å². The molecule has 3 rings (SSSR count). The van der Waals surface area contributed by atoms with Crippen molar-refractivity contribution in [2.24, 2.45) is 0 Å². The van der Waals surface area contributed by atoms with E-state index in [-0.39, 0.29) is 18.4 Å². The summed E-state index contributed by atoms with van der Waals surface area (Å²) in [5.74, 6) is -0.0428. The number of hydrogen-bond donors (Lipinski definition) is 2. The summed E-state index contributed by atoms with van der Waals surface area (Å²) in [4.78, 5) is 26.7. The number of piperazine rings is 1. The van der Waals surface area contributed by atoms with Crippen molar-refractivity contribution in [2.75, 3.05) is 32.7 Å². The molecule has 0 radical (unpaired) electrons. The molecule has 2 heterocycles. The zero-order valence-corrected chi connectivity index (χ0v) is 12.9. The summed E-state index contributed by atoms with van der Waals surface area (Å²) < 4.78 is 0. The van der Waals surface area contributed by atoms with E-state index < -0.39 is 0 Å².